The number of anilines is 1. The molecule has 0 aliphatic rings. The number of sulfonamides is 1. The Morgan fingerprint density at radius 2 is 1.59 bits per heavy atom. The molecule has 0 radical (unpaired) electrons. The van der Waals surface area contributed by atoms with Gasteiger partial charge in [0.15, 0.2) is 0 Å². The normalized spacial score (nSPS) is 12.6. The van der Waals surface area contributed by atoms with Crippen LogP contribution in [0.3, 0.4) is 0 Å². The molecule has 2 aromatic carbocycles. The van der Waals surface area contributed by atoms with Gasteiger partial charge in [-0.05, 0) is 48.9 Å². The molecule has 0 spiro atoms. The molecule has 0 heterocycles. The third kappa shape index (κ3) is 5.69. The average Bonchev–Trinajstić information content (AvgIpc) is 2.60. The molecule has 27 heavy (non-hydrogen) atoms. The van der Waals surface area contributed by atoms with Gasteiger partial charge in [-0.3, -0.25) is 4.79 Å². The minimum Gasteiger partial charge on any atom is -0.318 e. The van der Waals surface area contributed by atoms with E-state index in [4.69, 9.17) is 11.6 Å². The van der Waals surface area contributed by atoms with Crippen LogP contribution in [0.1, 0.15) is 12.5 Å². The summed E-state index contributed by atoms with van der Waals surface area (Å²) in [5.74, 6) is -2.09. The summed E-state index contributed by atoms with van der Waals surface area (Å²) in [6.07, 6.45) is -4.99. The van der Waals surface area contributed by atoms with Crippen molar-refractivity contribution in [1.29, 1.82) is 0 Å². The summed E-state index contributed by atoms with van der Waals surface area (Å²) in [6, 6.07) is 10.7. The Labute approximate surface area is 158 Å². The molecular weight excluding hydrogens is 407 g/mol. The van der Waals surface area contributed by atoms with Crippen molar-refractivity contribution >= 4 is 38.9 Å². The number of amides is 1. The highest BCUT2D eigenvalue weighted by atomic mass is 35.5. The number of hydrogen-bond acceptors (Lipinski definition) is 4. The molecule has 0 aliphatic heterocycles. The minimum absolute atomic E-state index is 0.0336. The van der Waals surface area contributed by atoms with E-state index in [0.29, 0.717) is 10.6 Å². The van der Waals surface area contributed by atoms with E-state index in [9.17, 15) is 26.4 Å². The molecule has 0 aliphatic carbocycles. The third-order valence-electron chi connectivity index (χ3n) is 3.28. The second kappa shape index (κ2) is 7.97. The Morgan fingerprint density at radius 1 is 1.04 bits per heavy atom. The zero-order chi connectivity index (χ0) is 20.2. The maximum Gasteiger partial charge on any atom is 0.471 e. The van der Waals surface area contributed by atoms with E-state index in [1.807, 2.05) is 0 Å². The van der Waals surface area contributed by atoms with Gasteiger partial charge in [0, 0.05) is 10.7 Å². The van der Waals surface area contributed by atoms with Crippen molar-refractivity contribution in [3.8, 4) is 0 Å². The molecule has 2 N–H and O–H groups in total. The minimum atomic E-state index is -4.99. The largest absolute Gasteiger partial charge is 0.471 e. The number of benzene rings is 2. The Hall–Kier alpha value is -2.59. The van der Waals surface area contributed by atoms with Crippen molar-refractivity contribution in [2.24, 2.45) is 5.10 Å². The summed E-state index contributed by atoms with van der Waals surface area (Å²) in [7, 11) is -3.90. The lowest BCUT2D eigenvalue weighted by Gasteiger charge is -2.09. The Bertz CT molecular complexity index is 957. The summed E-state index contributed by atoms with van der Waals surface area (Å²) in [6.45, 7) is 1.51. The fraction of sp³-hybridized carbons (Fsp3) is 0.125. The van der Waals surface area contributed by atoms with Gasteiger partial charge in [-0.15, -0.1) is 0 Å². The number of hydrazone groups is 1. The lowest BCUT2D eigenvalue weighted by atomic mass is 10.1. The molecule has 2 aromatic rings. The number of nitrogens with zero attached hydrogens (tertiary/aromatic N) is 1. The lowest BCUT2D eigenvalue weighted by molar-refractivity contribution is -0.167. The molecule has 0 atom stereocenters. The van der Waals surface area contributed by atoms with Crippen LogP contribution in [0.4, 0.5) is 18.9 Å². The molecule has 0 saturated carbocycles. The van der Waals surface area contributed by atoms with E-state index in [2.05, 4.69) is 9.93 Å². The molecule has 6 nitrogen and oxygen atoms in total. The van der Waals surface area contributed by atoms with Gasteiger partial charge in [0.25, 0.3) is 10.0 Å². The van der Waals surface area contributed by atoms with Crippen LogP contribution in [0, 0.1) is 0 Å². The van der Waals surface area contributed by atoms with Gasteiger partial charge in [0.2, 0.25) is 0 Å². The molecule has 144 valence electrons. The van der Waals surface area contributed by atoms with Crippen LogP contribution >= 0.6 is 11.6 Å². The van der Waals surface area contributed by atoms with Gasteiger partial charge in [-0.2, -0.15) is 31.5 Å². The number of nitrogens with one attached hydrogen (secondary N) is 2. The van der Waals surface area contributed by atoms with E-state index in [1.54, 1.807) is 5.32 Å². The second-order valence-corrected chi connectivity index (χ2v) is 7.37. The van der Waals surface area contributed by atoms with Crippen LogP contribution in [0.25, 0.3) is 0 Å². The van der Waals surface area contributed by atoms with Gasteiger partial charge in [-0.25, -0.2) is 0 Å². The monoisotopic (exact) mass is 419 g/mol. The highest BCUT2D eigenvalue weighted by molar-refractivity contribution is 7.89. The van der Waals surface area contributed by atoms with Crippen molar-refractivity contribution in [1.82, 2.24) is 4.83 Å². The molecular formula is C16H13ClF3N3O3S. The highest BCUT2D eigenvalue weighted by Gasteiger charge is 2.38. The Balaban J connectivity index is 2.09. The first-order valence-electron chi connectivity index (χ1n) is 7.29. The fourth-order valence-electron chi connectivity index (χ4n) is 1.86. The first kappa shape index (κ1) is 20.7. The zero-order valence-electron chi connectivity index (χ0n) is 13.7. The summed E-state index contributed by atoms with van der Waals surface area (Å²) in [5, 5.41) is 5.86. The summed E-state index contributed by atoms with van der Waals surface area (Å²) < 4.78 is 60.9. The van der Waals surface area contributed by atoms with E-state index in [0.717, 1.165) is 0 Å². The second-order valence-electron chi connectivity index (χ2n) is 5.28. The van der Waals surface area contributed by atoms with Crippen LogP contribution in [-0.4, -0.2) is 26.2 Å². The van der Waals surface area contributed by atoms with Crippen LogP contribution in [0.15, 0.2) is 58.5 Å². The first-order valence-corrected chi connectivity index (χ1v) is 9.15. The fourth-order valence-corrected chi connectivity index (χ4v) is 2.84. The number of alkyl halides is 3. The average molecular weight is 420 g/mol. The van der Waals surface area contributed by atoms with Gasteiger partial charge in [0.05, 0.1) is 10.6 Å². The molecule has 0 saturated heterocycles. The smallest absolute Gasteiger partial charge is 0.318 e. The van der Waals surface area contributed by atoms with E-state index < -0.39 is 22.1 Å². The number of carbonyl (C=O) groups excluding carboxylic acids is 1. The quantitative estimate of drug-likeness (QED) is 0.574. The van der Waals surface area contributed by atoms with E-state index >= 15 is 0 Å². The van der Waals surface area contributed by atoms with E-state index in [1.165, 1.54) is 55.5 Å². The Morgan fingerprint density at radius 3 is 2.11 bits per heavy atom. The predicted octanol–water partition coefficient (Wildman–Crippen LogP) is 3.54. The van der Waals surface area contributed by atoms with Crippen LogP contribution in [-0.2, 0) is 14.8 Å². The van der Waals surface area contributed by atoms with Crippen molar-refractivity contribution in [3.05, 3.63) is 59.1 Å². The molecule has 0 unspecified atom stereocenters. The van der Waals surface area contributed by atoms with Crippen LogP contribution < -0.4 is 10.1 Å². The van der Waals surface area contributed by atoms with E-state index in [-0.39, 0.29) is 16.3 Å². The summed E-state index contributed by atoms with van der Waals surface area (Å²) in [5.41, 5.74) is 0.649. The molecule has 2 rings (SSSR count). The van der Waals surface area contributed by atoms with Crippen molar-refractivity contribution in [2.45, 2.75) is 18.0 Å². The number of hydrogen-bond donors (Lipinski definition) is 2. The van der Waals surface area contributed by atoms with Crippen molar-refractivity contribution in [3.63, 3.8) is 0 Å². The van der Waals surface area contributed by atoms with Gasteiger partial charge < -0.3 is 5.32 Å². The molecule has 11 heteroatoms. The van der Waals surface area contributed by atoms with Crippen molar-refractivity contribution in [2.75, 3.05) is 5.32 Å². The summed E-state index contributed by atoms with van der Waals surface area (Å²) >= 11 is 5.71. The molecule has 0 fully saturated rings. The van der Waals surface area contributed by atoms with Crippen molar-refractivity contribution < 1.29 is 26.4 Å². The molecule has 1 amide bonds. The lowest BCUT2D eigenvalue weighted by Crippen LogP contribution is -2.29. The number of halogens is 4. The topological polar surface area (TPSA) is 87.6 Å². The SMILES string of the molecule is C/C(=N\NS(=O)(=O)c1ccc(Cl)cc1)c1ccc(NC(=O)C(F)(F)F)cc1. The predicted molar refractivity (Wildman–Crippen MR) is 95.1 cm³/mol. The highest BCUT2D eigenvalue weighted by Crippen LogP contribution is 2.19. The number of carbonyl (C=O) groups is 1. The van der Waals surface area contributed by atoms with Crippen LogP contribution in [0.5, 0.6) is 0 Å². The third-order valence-corrected chi connectivity index (χ3v) is 4.75. The first-order chi connectivity index (χ1) is 12.5. The summed E-state index contributed by atoms with van der Waals surface area (Å²) in [4.78, 5) is 12.9. The zero-order valence-corrected chi connectivity index (χ0v) is 15.3. The molecule has 0 bridgehead atoms. The molecule has 0 aromatic heterocycles. The van der Waals surface area contributed by atoms with Crippen LogP contribution in [0.2, 0.25) is 5.02 Å². The maximum atomic E-state index is 12.2. The van der Waals surface area contributed by atoms with Gasteiger partial charge in [-0.1, -0.05) is 23.7 Å². The van der Waals surface area contributed by atoms with Gasteiger partial charge >= 0.3 is 12.1 Å². The van der Waals surface area contributed by atoms with Gasteiger partial charge in [0.1, 0.15) is 0 Å². The number of rotatable bonds is 5. The Kier molecular flexibility index (Phi) is 6.11. The maximum absolute atomic E-state index is 12.2. The standard InChI is InChI=1S/C16H13ClF3N3O3S/c1-10(22-23-27(25,26)14-8-4-12(17)5-9-14)11-2-6-13(7-3-11)21-15(24)16(18,19)20/h2-9,23H,1H3,(H,21,24)/b22-10+.